The first kappa shape index (κ1) is 78.3. The first-order valence-corrected chi connectivity index (χ1v) is 32.8. The second-order valence-electron chi connectivity index (χ2n) is 19.7. The van der Waals surface area contributed by atoms with E-state index in [1.807, 2.05) is 24.3 Å². The molecule has 0 saturated heterocycles. The fourth-order valence-corrected chi connectivity index (χ4v) is 8.18. The highest BCUT2D eigenvalue weighted by Crippen LogP contribution is 2.43. The number of rotatable bonds is 55. The van der Waals surface area contributed by atoms with Gasteiger partial charge in [0.1, 0.15) is 12.7 Å². The molecule has 0 aliphatic carbocycles. The maximum atomic E-state index is 13.0. The molecule has 3 unspecified atom stereocenters. The molecule has 84 heavy (non-hydrogen) atoms. The van der Waals surface area contributed by atoms with Crippen molar-refractivity contribution < 1.29 is 52.2 Å². The zero-order valence-electron chi connectivity index (χ0n) is 51.8. The van der Waals surface area contributed by atoms with E-state index in [0.29, 0.717) is 25.7 Å². The number of hydrogen-bond acceptors (Lipinski definition) is 10. The van der Waals surface area contributed by atoms with Crippen LogP contribution in [0.4, 0.5) is 0 Å². The van der Waals surface area contributed by atoms with Gasteiger partial charge in [0.2, 0.25) is 0 Å². The summed E-state index contributed by atoms with van der Waals surface area (Å²) in [6, 6.07) is 0. The van der Waals surface area contributed by atoms with Gasteiger partial charge in [0, 0.05) is 19.3 Å². The summed E-state index contributed by atoms with van der Waals surface area (Å²) in [7, 11) is -4.81. The van der Waals surface area contributed by atoms with Crippen LogP contribution < -0.4 is 0 Å². The van der Waals surface area contributed by atoms with E-state index in [2.05, 4.69) is 191 Å². The number of allylic oxidation sites excluding steroid dienone is 32. The van der Waals surface area contributed by atoms with E-state index < -0.39 is 64.4 Å². The van der Waals surface area contributed by atoms with E-state index in [1.165, 1.54) is 0 Å². The van der Waals surface area contributed by atoms with Crippen molar-refractivity contribution in [3.8, 4) is 0 Å². The van der Waals surface area contributed by atoms with Crippen molar-refractivity contribution in [2.75, 3.05) is 26.4 Å². The number of aliphatic hydroxyl groups is 1. The molecule has 3 atom stereocenters. The van der Waals surface area contributed by atoms with Crippen LogP contribution in [0.1, 0.15) is 201 Å². The van der Waals surface area contributed by atoms with Crippen LogP contribution >= 0.6 is 7.82 Å². The monoisotopic (exact) mass is 1180 g/mol. The van der Waals surface area contributed by atoms with Crippen LogP contribution in [0, 0.1) is 0 Å². The summed E-state index contributed by atoms with van der Waals surface area (Å²) in [4.78, 5) is 48.7. The highest BCUT2D eigenvalue weighted by Gasteiger charge is 2.28. The second kappa shape index (κ2) is 63.3. The summed E-state index contributed by atoms with van der Waals surface area (Å²) in [5.41, 5.74) is 0. The van der Waals surface area contributed by atoms with Crippen LogP contribution in [0.3, 0.4) is 0 Å². The standard InChI is InChI=1S/C72H109O11P/c1-4-7-10-13-16-19-22-25-28-31-34-37-40-43-46-49-52-55-58-61-70(74)79-65-69(83-72(76)63-60-57-54-51-48-45-42-39-36-33-30-27-24-21-18-15-12-9-6-3)67-81-84(77,78)80-66-68(64-73)82-71(75)62-59-56-53-50-47-44-41-38-35-32-29-26-23-20-17-14-11-8-5-2/h7-12,16-21,25-30,34-39,43,45-46,48,52,54-55,57,68-69,73H,4-6,13-15,22-24,31-33,40-42,44,47,49-51,53,56,58-67H2,1-3H3,(H,77,78)/b10-7-,11-8-,12-9-,19-16-,20-17-,21-18-,28-25-,29-26-,30-27-,37-34-,38-35-,39-36-,46-43-,48-45-,55-52-,57-54-. The van der Waals surface area contributed by atoms with Gasteiger partial charge in [-0.2, -0.15) is 0 Å². The number of hydrogen-bond donors (Lipinski definition) is 2. The Bertz CT molecular complexity index is 2160. The normalized spacial score (nSPS) is 14.6. The molecule has 12 heteroatoms. The molecule has 0 rings (SSSR count). The first-order valence-electron chi connectivity index (χ1n) is 31.3. The Hall–Kier alpha value is -5.68. The van der Waals surface area contributed by atoms with Gasteiger partial charge in [-0.05, 0) is 135 Å². The van der Waals surface area contributed by atoms with E-state index in [0.717, 1.165) is 135 Å². The van der Waals surface area contributed by atoms with Crippen molar-refractivity contribution in [1.82, 2.24) is 0 Å². The van der Waals surface area contributed by atoms with Gasteiger partial charge in [-0.25, -0.2) is 4.57 Å². The third-order valence-electron chi connectivity index (χ3n) is 12.0. The number of esters is 3. The minimum atomic E-state index is -4.81. The average Bonchev–Trinajstić information content (AvgIpc) is 3.55. The zero-order chi connectivity index (χ0) is 61.2. The van der Waals surface area contributed by atoms with Gasteiger partial charge in [-0.1, -0.05) is 241 Å². The third-order valence-corrected chi connectivity index (χ3v) is 13.0. The van der Waals surface area contributed by atoms with E-state index in [9.17, 15) is 28.9 Å². The van der Waals surface area contributed by atoms with Crippen molar-refractivity contribution >= 4 is 25.7 Å². The van der Waals surface area contributed by atoms with Crippen molar-refractivity contribution in [3.05, 3.63) is 194 Å². The SMILES string of the molecule is CC/C=C\C/C=C\C/C=C\C/C=C\C/C=C\C/C=C\CCC(=O)OCC(COP(=O)(O)OCC(CO)OC(=O)CCCCCCCC/C=C\C/C=C\C/C=C\C/C=C\CC)OC(=O)CC/C=C\C/C=C\C/C=C\C/C=C\C/C=C\C/C=C\CC. The van der Waals surface area contributed by atoms with Gasteiger partial charge in [-0.3, -0.25) is 23.4 Å². The highest BCUT2D eigenvalue weighted by atomic mass is 31.2. The predicted octanol–water partition coefficient (Wildman–Crippen LogP) is 19.4. The summed E-state index contributed by atoms with van der Waals surface area (Å²) < 4.78 is 39.5. The van der Waals surface area contributed by atoms with E-state index in [4.69, 9.17) is 23.3 Å². The Morgan fingerprint density at radius 2 is 0.607 bits per heavy atom. The fraction of sp³-hybridized carbons (Fsp3) is 0.514. The van der Waals surface area contributed by atoms with Gasteiger partial charge in [-0.15, -0.1) is 0 Å². The molecule has 0 aromatic heterocycles. The molecular weight excluding hydrogens is 1070 g/mol. The van der Waals surface area contributed by atoms with Gasteiger partial charge >= 0.3 is 25.7 Å². The first-order chi connectivity index (χ1) is 41.2. The smallest absolute Gasteiger partial charge is 0.462 e. The topological polar surface area (TPSA) is 155 Å². The molecule has 0 bridgehead atoms. The van der Waals surface area contributed by atoms with Crippen molar-refractivity contribution in [1.29, 1.82) is 0 Å². The summed E-state index contributed by atoms with van der Waals surface area (Å²) in [6.07, 6.45) is 88.4. The highest BCUT2D eigenvalue weighted by molar-refractivity contribution is 7.47. The summed E-state index contributed by atoms with van der Waals surface area (Å²) in [6.45, 7) is 4.09. The second-order valence-corrected chi connectivity index (χ2v) is 21.2. The van der Waals surface area contributed by atoms with Crippen LogP contribution in [0.2, 0.25) is 0 Å². The molecule has 0 amide bonds. The molecule has 468 valence electrons. The number of aliphatic hydroxyl groups excluding tert-OH is 1. The van der Waals surface area contributed by atoms with Crippen molar-refractivity contribution in [3.63, 3.8) is 0 Å². The number of unbranched alkanes of at least 4 members (excludes halogenated alkanes) is 6. The number of carbonyl (C=O) groups is 3. The maximum absolute atomic E-state index is 13.0. The van der Waals surface area contributed by atoms with E-state index in [-0.39, 0.29) is 19.3 Å². The maximum Gasteiger partial charge on any atom is 0.472 e. The molecule has 0 fully saturated rings. The van der Waals surface area contributed by atoms with Gasteiger partial charge in [0.15, 0.2) is 6.10 Å². The van der Waals surface area contributed by atoms with Gasteiger partial charge in [0.05, 0.1) is 19.8 Å². The lowest BCUT2D eigenvalue weighted by atomic mass is 10.1. The Morgan fingerprint density at radius 1 is 0.333 bits per heavy atom. The lowest BCUT2D eigenvalue weighted by Gasteiger charge is -2.21. The average molecular weight is 1180 g/mol. The van der Waals surface area contributed by atoms with Crippen molar-refractivity contribution in [2.24, 2.45) is 0 Å². The lowest BCUT2D eigenvalue weighted by molar-refractivity contribution is -0.161. The number of carbonyl (C=O) groups excluding carboxylic acids is 3. The minimum absolute atomic E-state index is 0.0133. The zero-order valence-corrected chi connectivity index (χ0v) is 52.7. The lowest BCUT2D eigenvalue weighted by Crippen LogP contribution is -2.30. The summed E-state index contributed by atoms with van der Waals surface area (Å²) >= 11 is 0. The van der Waals surface area contributed by atoms with Crippen LogP contribution in [-0.2, 0) is 42.2 Å². The molecule has 2 N–H and O–H groups in total. The molecule has 0 aromatic carbocycles. The molecule has 0 aliphatic rings. The molecule has 0 aliphatic heterocycles. The summed E-state index contributed by atoms with van der Waals surface area (Å²) in [5.74, 6) is -1.71. The Morgan fingerprint density at radius 3 is 0.964 bits per heavy atom. The largest absolute Gasteiger partial charge is 0.472 e. The van der Waals surface area contributed by atoms with Crippen molar-refractivity contribution in [2.45, 2.75) is 213 Å². The van der Waals surface area contributed by atoms with Crippen LogP contribution in [0.15, 0.2) is 194 Å². The summed E-state index contributed by atoms with van der Waals surface area (Å²) in [5, 5.41) is 9.86. The molecule has 0 heterocycles. The van der Waals surface area contributed by atoms with Crippen LogP contribution in [0.5, 0.6) is 0 Å². The van der Waals surface area contributed by atoms with Crippen LogP contribution in [-0.4, -0.2) is 66.5 Å². The molecule has 0 aromatic rings. The van der Waals surface area contributed by atoms with Gasteiger partial charge < -0.3 is 24.2 Å². The van der Waals surface area contributed by atoms with E-state index >= 15 is 0 Å². The third kappa shape index (κ3) is 60.9. The van der Waals surface area contributed by atoms with Crippen LogP contribution in [0.25, 0.3) is 0 Å². The van der Waals surface area contributed by atoms with Gasteiger partial charge in [0.25, 0.3) is 0 Å². The number of phosphoric ester groups is 1. The minimum Gasteiger partial charge on any atom is -0.462 e. The number of ether oxygens (including phenoxy) is 3. The number of phosphoric acid groups is 1. The molecule has 0 saturated carbocycles. The molecule has 0 spiro atoms. The Labute approximate surface area is 509 Å². The molecular formula is C72H109O11P. The quantitative estimate of drug-likeness (QED) is 0.0197. The predicted molar refractivity (Wildman–Crippen MR) is 352 cm³/mol. The van der Waals surface area contributed by atoms with E-state index in [1.54, 1.807) is 0 Å². The molecule has 11 nitrogen and oxygen atoms in total. The fourth-order valence-electron chi connectivity index (χ4n) is 7.40. The Balaban J connectivity index is 4.95. The Kier molecular flexibility index (Phi) is 59.1. The molecule has 0 radical (unpaired) electrons.